The highest BCUT2D eigenvalue weighted by Gasteiger charge is 2.22. The number of nitrogen functional groups attached to an aromatic ring is 1. The fourth-order valence-corrected chi connectivity index (χ4v) is 1.09. The van der Waals surface area contributed by atoms with E-state index in [1.807, 2.05) is 0 Å². The van der Waals surface area contributed by atoms with Crippen LogP contribution < -0.4 is 5.73 Å². The molecule has 0 spiro atoms. The Morgan fingerprint density at radius 2 is 2.50 bits per heavy atom. The number of aliphatic carboxylic acids is 1. The monoisotopic (exact) mass is 169 g/mol. The normalized spacial score (nSPS) is 12.8. The van der Waals surface area contributed by atoms with E-state index in [0.717, 1.165) is 0 Å². The van der Waals surface area contributed by atoms with Crippen LogP contribution in [0.4, 0.5) is 5.69 Å². The summed E-state index contributed by atoms with van der Waals surface area (Å²) >= 11 is 0. The lowest BCUT2D eigenvalue weighted by molar-refractivity contribution is -0.139. The molecule has 1 heterocycles. The summed E-state index contributed by atoms with van der Waals surface area (Å²) in [5.74, 6) is -1.18. The van der Waals surface area contributed by atoms with E-state index in [4.69, 9.17) is 15.3 Å². The van der Waals surface area contributed by atoms with Crippen LogP contribution in [-0.2, 0) is 4.79 Å². The van der Waals surface area contributed by atoms with Gasteiger partial charge in [-0.3, -0.25) is 4.79 Å². The van der Waals surface area contributed by atoms with Gasteiger partial charge in [0.2, 0.25) is 0 Å². The molecule has 3 N–H and O–H groups in total. The van der Waals surface area contributed by atoms with Crippen molar-refractivity contribution in [3.05, 3.63) is 18.1 Å². The van der Waals surface area contributed by atoms with Crippen LogP contribution in [-0.4, -0.2) is 11.1 Å². The average molecular weight is 169 g/mol. The van der Waals surface area contributed by atoms with Gasteiger partial charge in [0.05, 0.1) is 12.0 Å². The molecule has 0 amide bonds. The number of hydrogen-bond donors (Lipinski definition) is 2. The summed E-state index contributed by atoms with van der Waals surface area (Å²) in [6.45, 7) is 1.78. The first-order chi connectivity index (χ1) is 5.66. The van der Waals surface area contributed by atoms with Crippen LogP contribution in [0.1, 0.15) is 25.0 Å². The minimum absolute atomic E-state index is 0.352. The van der Waals surface area contributed by atoms with Gasteiger partial charge in [-0.2, -0.15) is 0 Å². The summed E-state index contributed by atoms with van der Waals surface area (Å²) in [6.07, 6.45) is 1.88. The van der Waals surface area contributed by atoms with E-state index in [9.17, 15) is 4.79 Å². The van der Waals surface area contributed by atoms with E-state index in [1.165, 1.54) is 6.26 Å². The summed E-state index contributed by atoms with van der Waals surface area (Å²) in [5.41, 5.74) is 5.90. The fourth-order valence-electron chi connectivity index (χ4n) is 1.09. The van der Waals surface area contributed by atoms with Gasteiger partial charge < -0.3 is 15.3 Å². The molecule has 66 valence electrons. The highest BCUT2D eigenvalue weighted by molar-refractivity contribution is 5.77. The summed E-state index contributed by atoms with van der Waals surface area (Å²) in [7, 11) is 0. The Balaban J connectivity index is 2.94. The largest absolute Gasteiger partial charge is 0.481 e. The van der Waals surface area contributed by atoms with Gasteiger partial charge in [-0.1, -0.05) is 6.92 Å². The smallest absolute Gasteiger partial charge is 0.314 e. The van der Waals surface area contributed by atoms with Crippen molar-refractivity contribution in [2.45, 2.75) is 19.3 Å². The molecule has 1 aromatic heterocycles. The molecule has 1 atom stereocenters. The van der Waals surface area contributed by atoms with E-state index in [2.05, 4.69) is 0 Å². The fraction of sp³-hybridized carbons (Fsp3) is 0.375. The van der Waals surface area contributed by atoms with Crippen molar-refractivity contribution in [2.75, 3.05) is 5.73 Å². The molecule has 12 heavy (non-hydrogen) atoms. The lowest BCUT2D eigenvalue weighted by atomic mass is 10.0. The minimum atomic E-state index is -0.904. The van der Waals surface area contributed by atoms with Gasteiger partial charge in [0, 0.05) is 0 Å². The Morgan fingerprint density at radius 3 is 2.83 bits per heavy atom. The molecule has 0 radical (unpaired) electrons. The van der Waals surface area contributed by atoms with Gasteiger partial charge >= 0.3 is 5.97 Å². The Labute approximate surface area is 70.0 Å². The molecule has 0 aliphatic carbocycles. The SMILES string of the molecule is CCC(C(=O)O)c1occc1N. The number of rotatable bonds is 3. The molecule has 0 bridgehead atoms. The molecule has 1 aromatic rings. The maximum absolute atomic E-state index is 10.7. The quantitative estimate of drug-likeness (QED) is 0.717. The van der Waals surface area contributed by atoms with Crippen LogP contribution in [0.25, 0.3) is 0 Å². The minimum Gasteiger partial charge on any atom is -0.481 e. The summed E-state index contributed by atoms with van der Waals surface area (Å²) in [5, 5.41) is 8.75. The predicted molar refractivity (Wildman–Crippen MR) is 43.8 cm³/mol. The predicted octanol–water partition coefficient (Wildman–Crippen LogP) is 1.44. The molecule has 0 saturated carbocycles. The van der Waals surface area contributed by atoms with Crippen molar-refractivity contribution in [1.29, 1.82) is 0 Å². The molecular formula is C8H11NO3. The number of furan rings is 1. The number of anilines is 1. The van der Waals surface area contributed by atoms with Gasteiger partial charge in [0.25, 0.3) is 0 Å². The molecule has 0 aliphatic rings. The molecule has 0 aliphatic heterocycles. The Bertz CT molecular complexity index is 280. The van der Waals surface area contributed by atoms with Gasteiger partial charge in [0.15, 0.2) is 0 Å². The molecular weight excluding hydrogens is 158 g/mol. The highest BCUT2D eigenvalue weighted by Crippen LogP contribution is 2.25. The van der Waals surface area contributed by atoms with Gasteiger partial charge in [-0.25, -0.2) is 0 Å². The number of hydrogen-bond acceptors (Lipinski definition) is 3. The van der Waals surface area contributed by atoms with Crippen LogP contribution in [0.15, 0.2) is 16.7 Å². The van der Waals surface area contributed by atoms with E-state index in [-0.39, 0.29) is 0 Å². The Kier molecular flexibility index (Phi) is 2.38. The summed E-state index contributed by atoms with van der Waals surface area (Å²) in [6, 6.07) is 1.56. The Hall–Kier alpha value is -1.45. The lowest BCUT2D eigenvalue weighted by Crippen LogP contribution is -2.10. The number of carboxylic acid groups (broad SMARTS) is 1. The molecule has 4 heteroatoms. The third kappa shape index (κ3) is 1.42. The first-order valence-corrected chi connectivity index (χ1v) is 3.72. The topological polar surface area (TPSA) is 76.5 Å². The number of nitrogens with two attached hydrogens (primary N) is 1. The van der Waals surface area contributed by atoms with Crippen molar-refractivity contribution >= 4 is 11.7 Å². The number of carbonyl (C=O) groups is 1. The first-order valence-electron chi connectivity index (χ1n) is 3.72. The van der Waals surface area contributed by atoms with Gasteiger partial charge in [-0.05, 0) is 12.5 Å². The van der Waals surface area contributed by atoms with Gasteiger partial charge in [0.1, 0.15) is 11.7 Å². The van der Waals surface area contributed by atoms with Crippen molar-refractivity contribution < 1.29 is 14.3 Å². The zero-order valence-corrected chi connectivity index (χ0v) is 6.78. The molecule has 1 rings (SSSR count). The second-order valence-electron chi connectivity index (χ2n) is 2.54. The van der Waals surface area contributed by atoms with E-state index in [0.29, 0.717) is 17.9 Å². The van der Waals surface area contributed by atoms with Crippen molar-refractivity contribution in [2.24, 2.45) is 0 Å². The first kappa shape index (κ1) is 8.64. The van der Waals surface area contributed by atoms with Crippen LogP contribution in [0, 0.1) is 0 Å². The van der Waals surface area contributed by atoms with Gasteiger partial charge in [-0.15, -0.1) is 0 Å². The zero-order valence-electron chi connectivity index (χ0n) is 6.78. The second kappa shape index (κ2) is 3.30. The van der Waals surface area contributed by atoms with E-state index in [1.54, 1.807) is 13.0 Å². The third-order valence-corrected chi connectivity index (χ3v) is 1.75. The van der Waals surface area contributed by atoms with E-state index >= 15 is 0 Å². The van der Waals surface area contributed by atoms with Crippen molar-refractivity contribution in [1.82, 2.24) is 0 Å². The Morgan fingerprint density at radius 1 is 1.83 bits per heavy atom. The number of carboxylic acids is 1. The zero-order chi connectivity index (χ0) is 9.14. The maximum atomic E-state index is 10.7. The second-order valence-corrected chi connectivity index (χ2v) is 2.54. The molecule has 0 saturated heterocycles. The highest BCUT2D eigenvalue weighted by atomic mass is 16.4. The van der Waals surface area contributed by atoms with Crippen LogP contribution in [0.3, 0.4) is 0 Å². The van der Waals surface area contributed by atoms with E-state index < -0.39 is 11.9 Å². The van der Waals surface area contributed by atoms with Crippen molar-refractivity contribution in [3.8, 4) is 0 Å². The molecule has 4 nitrogen and oxygen atoms in total. The standard InChI is InChI=1S/C8H11NO3/c1-2-5(8(10)11)7-6(9)3-4-12-7/h3-5H,2,9H2,1H3,(H,10,11). The lowest BCUT2D eigenvalue weighted by Gasteiger charge is -2.06. The average Bonchev–Trinajstić information content (AvgIpc) is 2.38. The van der Waals surface area contributed by atoms with Crippen LogP contribution in [0.5, 0.6) is 0 Å². The summed E-state index contributed by atoms with van der Waals surface area (Å²) < 4.78 is 4.97. The summed E-state index contributed by atoms with van der Waals surface area (Å²) in [4.78, 5) is 10.7. The van der Waals surface area contributed by atoms with Crippen LogP contribution in [0.2, 0.25) is 0 Å². The molecule has 1 unspecified atom stereocenters. The molecule has 0 fully saturated rings. The maximum Gasteiger partial charge on any atom is 0.314 e. The third-order valence-electron chi connectivity index (χ3n) is 1.75. The molecule has 0 aromatic carbocycles. The van der Waals surface area contributed by atoms with Crippen LogP contribution >= 0.6 is 0 Å². The van der Waals surface area contributed by atoms with Crippen molar-refractivity contribution in [3.63, 3.8) is 0 Å².